The zero-order valence-corrected chi connectivity index (χ0v) is 15.9. The highest BCUT2D eigenvalue weighted by atomic mass is 32.2. The second kappa shape index (κ2) is 8.62. The van der Waals surface area contributed by atoms with Crippen molar-refractivity contribution in [2.45, 2.75) is 24.8 Å². The Morgan fingerprint density at radius 3 is 2.35 bits per heavy atom. The number of hydrogen-bond acceptors (Lipinski definition) is 5. The van der Waals surface area contributed by atoms with Crippen LogP contribution < -0.4 is 10.1 Å². The summed E-state index contributed by atoms with van der Waals surface area (Å²) in [5.74, 6) is -0.573. The first-order valence-electron chi connectivity index (χ1n) is 7.91. The average molecular weight is 375 g/mol. The van der Waals surface area contributed by atoms with E-state index in [1.165, 1.54) is 26.2 Å². The Hall–Kier alpha value is -2.67. The van der Waals surface area contributed by atoms with E-state index in [9.17, 15) is 13.8 Å². The Labute approximate surface area is 155 Å². The van der Waals surface area contributed by atoms with E-state index in [-0.39, 0.29) is 5.56 Å². The van der Waals surface area contributed by atoms with Crippen LogP contribution in [0, 0.1) is 6.92 Å². The number of benzene rings is 2. The van der Waals surface area contributed by atoms with E-state index >= 15 is 0 Å². The van der Waals surface area contributed by atoms with Crippen LogP contribution in [0.5, 0.6) is 5.75 Å². The Morgan fingerprint density at radius 1 is 1.12 bits per heavy atom. The van der Waals surface area contributed by atoms with Gasteiger partial charge in [-0.3, -0.25) is 9.00 Å². The van der Waals surface area contributed by atoms with Crippen molar-refractivity contribution in [3.8, 4) is 5.75 Å². The maximum atomic E-state index is 12.3. The van der Waals surface area contributed by atoms with E-state index in [0.29, 0.717) is 16.3 Å². The fraction of sp³-hybridized carbons (Fsp3) is 0.263. The second-order valence-electron chi connectivity index (χ2n) is 5.72. The SMILES string of the molecule is COc1ccc(C)cc1NC(=O)C(C)OC(=O)c1ccc(S(C)=O)cc1. The fourth-order valence-corrected chi connectivity index (χ4v) is 2.74. The van der Waals surface area contributed by atoms with E-state index in [1.54, 1.807) is 30.5 Å². The standard InChI is InChI=1S/C19H21NO5S/c1-12-5-10-17(24-3)16(11-12)20-18(21)13(2)25-19(22)14-6-8-15(9-7-14)26(4)23/h5-11,13H,1-4H3,(H,20,21). The quantitative estimate of drug-likeness (QED) is 0.785. The highest BCUT2D eigenvalue weighted by Gasteiger charge is 2.20. The smallest absolute Gasteiger partial charge is 0.338 e. The Morgan fingerprint density at radius 2 is 1.77 bits per heavy atom. The third-order valence-electron chi connectivity index (χ3n) is 3.69. The van der Waals surface area contributed by atoms with Gasteiger partial charge in [-0.2, -0.15) is 0 Å². The van der Waals surface area contributed by atoms with Crippen molar-refractivity contribution in [2.24, 2.45) is 0 Å². The molecule has 2 atom stereocenters. The number of carbonyl (C=O) groups is 2. The number of methoxy groups -OCH3 is 1. The molecule has 2 rings (SSSR count). The van der Waals surface area contributed by atoms with Gasteiger partial charge in [0.25, 0.3) is 5.91 Å². The fourth-order valence-electron chi connectivity index (χ4n) is 2.22. The van der Waals surface area contributed by atoms with Crippen LogP contribution in [0.3, 0.4) is 0 Å². The summed E-state index contributed by atoms with van der Waals surface area (Å²) in [6, 6.07) is 11.6. The van der Waals surface area contributed by atoms with Gasteiger partial charge in [0, 0.05) is 22.0 Å². The molecule has 2 aromatic rings. The summed E-state index contributed by atoms with van der Waals surface area (Å²) in [6.07, 6.45) is 0.562. The molecule has 0 bridgehead atoms. The van der Waals surface area contributed by atoms with Gasteiger partial charge in [0.15, 0.2) is 6.10 Å². The minimum absolute atomic E-state index is 0.284. The van der Waals surface area contributed by atoms with E-state index in [4.69, 9.17) is 9.47 Å². The zero-order chi connectivity index (χ0) is 19.3. The molecular weight excluding hydrogens is 354 g/mol. The number of esters is 1. The van der Waals surface area contributed by atoms with Gasteiger partial charge >= 0.3 is 5.97 Å². The maximum Gasteiger partial charge on any atom is 0.338 e. The molecule has 26 heavy (non-hydrogen) atoms. The van der Waals surface area contributed by atoms with E-state index < -0.39 is 28.8 Å². The lowest BCUT2D eigenvalue weighted by Crippen LogP contribution is -2.30. The van der Waals surface area contributed by atoms with Crippen molar-refractivity contribution in [3.63, 3.8) is 0 Å². The van der Waals surface area contributed by atoms with Crippen LogP contribution in [0.1, 0.15) is 22.8 Å². The first kappa shape index (κ1) is 19.7. The lowest BCUT2D eigenvalue weighted by Gasteiger charge is -2.15. The summed E-state index contributed by atoms with van der Waals surface area (Å²) in [5, 5.41) is 2.70. The molecular formula is C19H21NO5S. The normalized spacial score (nSPS) is 12.8. The summed E-state index contributed by atoms with van der Waals surface area (Å²) in [5.41, 5.74) is 1.75. The molecule has 0 saturated heterocycles. The number of ether oxygens (including phenoxy) is 2. The molecule has 1 N–H and O–H groups in total. The zero-order valence-electron chi connectivity index (χ0n) is 15.1. The van der Waals surface area contributed by atoms with Crippen LogP contribution in [0.4, 0.5) is 5.69 Å². The van der Waals surface area contributed by atoms with Crippen molar-refractivity contribution in [1.82, 2.24) is 0 Å². The largest absolute Gasteiger partial charge is 0.495 e. The number of hydrogen-bond donors (Lipinski definition) is 1. The van der Waals surface area contributed by atoms with Gasteiger partial charge in [-0.25, -0.2) is 4.79 Å². The van der Waals surface area contributed by atoms with Crippen molar-refractivity contribution >= 4 is 28.4 Å². The molecule has 2 unspecified atom stereocenters. The first-order chi connectivity index (χ1) is 12.3. The van der Waals surface area contributed by atoms with Crippen LogP contribution in [0.25, 0.3) is 0 Å². The van der Waals surface area contributed by atoms with Gasteiger partial charge in [0.2, 0.25) is 0 Å². The lowest BCUT2D eigenvalue weighted by molar-refractivity contribution is -0.123. The summed E-state index contributed by atoms with van der Waals surface area (Å²) in [7, 11) is 0.386. The van der Waals surface area contributed by atoms with Crippen molar-refractivity contribution in [2.75, 3.05) is 18.7 Å². The monoisotopic (exact) mass is 375 g/mol. The van der Waals surface area contributed by atoms with E-state index in [0.717, 1.165) is 5.56 Å². The topological polar surface area (TPSA) is 81.7 Å². The highest BCUT2D eigenvalue weighted by Crippen LogP contribution is 2.25. The third-order valence-corrected chi connectivity index (χ3v) is 4.62. The molecule has 6 nitrogen and oxygen atoms in total. The van der Waals surface area contributed by atoms with Crippen molar-refractivity contribution < 1.29 is 23.3 Å². The molecule has 0 spiro atoms. The predicted molar refractivity (Wildman–Crippen MR) is 100 cm³/mol. The van der Waals surface area contributed by atoms with Crippen LogP contribution in [-0.4, -0.2) is 35.6 Å². The summed E-state index contributed by atoms with van der Waals surface area (Å²) in [6.45, 7) is 3.39. The number of carbonyl (C=O) groups excluding carboxylic acids is 2. The molecule has 0 aliphatic carbocycles. The molecule has 7 heteroatoms. The molecule has 0 radical (unpaired) electrons. The first-order valence-corrected chi connectivity index (χ1v) is 9.47. The Balaban J connectivity index is 2.03. The van der Waals surface area contributed by atoms with Gasteiger partial charge in [0.05, 0.1) is 18.4 Å². The van der Waals surface area contributed by atoms with Crippen LogP contribution >= 0.6 is 0 Å². The molecule has 0 aliphatic heterocycles. The summed E-state index contributed by atoms with van der Waals surface area (Å²) < 4.78 is 21.8. The lowest BCUT2D eigenvalue weighted by atomic mass is 10.2. The van der Waals surface area contributed by atoms with E-state index in [2.05, 4.69) is 5.32 Å². The molecule has 2 aromatic carbocycles. The molecule has 0 aromatic heterocycles. The average Bonchev–Trinajstić information content (AvgIpc) is 2.61. The van der Waals surface area contributed by atoms with Gasteiger partial charge < -0.3 is 14.8 Å². The Kier molecular flexibility index (Phi) is 6.52. The molecule has 1 amide bonds. The van der Waals surface area contributed by atoms with Crippen molar-refractivity contribution in [3.05, 3.63) is 53.6 Å². The number of rotatable bonds is 6. The Bertz CT molecular complexity index is 832. The van der Waals surface area contributed by atoms with Gasteiger partial charge in [-0.05, 0) is 55.8 Å². The number of amides is 1. The molecule has 0 heterocycles. The molecule has 0 aliphatic rings. The number of nitrogens with one attached hydrogen (secondary N) is 1. The van der Waals surface area contributed by atoms with Gasteiger partial charge in [0.1, 0.15) is 5.75 Å². The van der Waals surface area contributed by atoms with Crippen LogP contribution in [0.2, 0.25) is 0 Å². The minimum Gasteiger partial charge on any atom is -0.495 e. The van der Waals surface area contributed by atoms with Crippen molar-refractivity contribution in [1.29, 1.82) is 0 Å². The number of anilines is 1. The third kappa shape index (κ3) is 4.92. The molecule has 0 saturated carbocycles. The summed E-state index contributed by atoms with van der Waals surface area (Å²) >= 11 is 0. The number of aryl methyl sites for hydroxylation is 1. The maximum absolute atomic E-state index is 12.3. The minimum atomic E-state index is -1.12. The van der Waals surface area contributed by atoms with Gasteiger partial charge in [-0.15, -0.1) is 0 Å². The predicted octanol–water partition coefficient (Wildman–Crippen LogP) is 2.93. The van der Waals surface area contributed by atoms with Gasteiger partial charge in [-0.1, -0.05) is 6.07 Å². The highest BCUT2D eigenvalue weighted by molar-refractivity contribution is 7.84. The van der Waals surface area contributed by atoms with Crippen LogP contribution in [0.15, 0.2) is 47.4 Å². The summed E-state index contributed by atoms with van der Waals surface area (Å²) in [4.78, 5) is 25.1. The molecule has 138 valence electrons. The molecule has 0 fully saturated rings. The second-order valence-corrected chi connectivity index (χ2v) is 7.10. The van der Waals surface area contributed by atoms with E-state index in [1.807, 2.05) is 13.0 Å². The van der Waals surface area contributed by atoms with Crippen LogP contribution in [-0.2, 0) is 20.3 Å².